The first-order valence-corrected chi connectivity index (χ1v) is 6.19. The largest absolute Gasteiger partial charge is 0.378 e. The number of aryl methyl sites for hydroxylation is 1. The van der Waals surface area contributed by atoms with Crippen molar-refractivity contribution < 1.29 is 4.74 Å². The minimum Gasteiger partial charge on any atom is -0.378 e. The standard InChI is InChI=1S/C14H21NO/c1-11-5-7-12(8-6-11)14(15)10-13-4-2-3-9-16-13/h5-8,13-14H,2-4,9-10,15H2,1H3. The van der Waals surface area contributed by atoms with Gasteiger partial charge in [-0.15, -0.1) is 0 Å². The maximum Gasteiger partial charge on any atom is 0.0593 e. The average Bonchev–Trinajstić information content (AvgIpc) is 2.31. The summed E-state index contributed by atoms with van der Waals surface area (Å²) in [6, 6.07) is 8.61. The highest BCUT2D eigenvalue weighted by Crippen LogP contribution is 2.23. The Kier molecular flexibility index (Phi) is 3.97. The van der Waals surface area contributed by atoms with Crippen LogP contribution in [0.1, 0.15) is 42.9 Å². The molecule has 0 aromatic heterocycles. The quantitative estimate of drug-likeness (QED) is 0.848. The first-order valence-electron chi connectivity index (χ1n) is 6.19. The van der Waals surface area contributed by atoms with Crippen LogP contribution in [0.5, 0.6) is 0 Å². The average molecular weight is 219 g/mol. The van der Waals surface area contributed by atoms with E-state index < -0.39 is 0 Å². The van der Waals surface area contributed by atoms with Crippen molar-refractivity contribution in [1.29, 1.82) is 0 Å². The lowest BCUT2D eigenvalue weighted by Gasteiger charge is -2.25. The molecule has 2 heteroatoms. The zero-order valence-electron chi connectivity index (χ0n) is 9.99. The molecule has 1 aliphatic rings. The van der Waals surface area contributed by atoms with Crippen LogP contribution in [-0.4, -0.2) is 12.7 Å². The topological polar surface area (TPSA) is 35.2 Å². The van der Waals surface area contributed by atoms with Gasteiger partial charge >= 0.3 is 0 Å². The van der Waals surface area contributed by atoms with Crippen molar-refractivity contribution in [2.24, 2.45) is 5.73 Å². The summed E-state index contributed by atoms with van der Waals surface area (Å²) in [4.78, 5) is 0. The summed E-state index contributed by atoms with van der Waals surface area (Å²) < 4.78 is 5.71. The first kappa shape index (κ1) is 11.6. The van der Waals surface area contributed by atoms with Gasteiger partial charge in [0.15, 0.2) is 0 Å². The lowest BCUT2D eigenvalue weighted by molar-refractivity contribution is 0.00729. The number of nitrogens with two attached hydrogens (primary N) is 1. The molecule has 1 aromatic carbocycles. The number of hydrogen-bond donors (Lipinski definition) is 1. The Morgan fingerprint density at radius 1 is 1.31 bits per heavy atom. The van der Waals surface area contributed by atoms with Crippen LogP contribution in [0.3, 0.4) is 0 Å². The predicted molar refractivity (Wildman–Crippen MR) is 66.3 cm³/mol. The summed E-state index contributed by atoms with van der Waals surface area (Å²) in [6.07, 6.45) is 4.97. The number of ether oxygens (including phenoxy) is 1. The Labute approximate surface area is 97.8 Å². The zero-order chi connectivity index (χ0) is 11.4. The van der Waals surface area contributed by atoms with E-state index in [0.29, 0.717) is 6.10 Å². The van der Waals surface area contributed by atoms with Crippen LogP contribution in [0.25, 0.3) is 0 Å². The molecular weight excluding hydrogens is 198 g/mol. The molecule has 2 rings (SSSR count). The third-order valence-corrected chi connectivity index (χ3v) is 3.30. The van der Waals surface area contributed by atoms with Gasteiger partial charge in [0.2, 0.25) is 0 Å². The van der Waals surface area contributed by atoms with Crippen LogP contribution < -0.4 is 5.73 Å². The van der Waals surface area contributed by atoms with Gasteiger partial charge in [-0.3, -0.25) is 0 Å². The molecule has 0 saturated carbocycles. The van der Waals surface area contributed by atoms with Crippen molar-refractivity contribution in [2.45, 2.75) is 44.8 Å². The lowest BCUT2D eigenvalue weighted by atomic mass is 9.97. The zero-order valence-corrected chi connectivity index (χ0v) is 9.99. The molecule has 1 aliphatic heterocycles. The molecular formula is C14H21NO. The maximum atomic E-state index is 6.20. The van der Waals surface area contributed by atoms with Gasteiger partial charge < -0.3 is 10.5 Å². The van der Waals surface area contributed by atoms with Gasteiger partial charge in [0.25, 0.3) is 0 Å². The third kappa shape index (κ3) is 3.06. The second-order valence-corrected chi connectivity index (χ2v) is 4.74. The van der Waals surface area contributed by atoms with Gasteiger partial charge in [0.05, 0.1) is 6.10 Å². The minimum absolute atomic E-state index is 0.115. The highest BCUT2D eigenvalue weighted by Gasteiger charge is 2.18. The molecule has 0 radical (unpaired) electrons. The van der Waals surface area contributed by atoms with Crippen LogP contribution in [0.2, 0.25) is 0 Å². The Morgan fingerprint density at radius 3 is 2.69 bits per heavy atom. The normalized spacial score (nSPS) is 23.0. The highest BCUT2D eigenvalue weighted by atomic mass is 16.5. The molecule has 0 spiro atoms. The van der Waals surface area contributed by atoms with E-state index in [1.54, 1.807) is 0 Å². The van der Waals surface area contributed by atoms with E-state index >= 15 is 0 Å². The molecule has 1 saturated heterocycles. The number of benzene rings is 1. The van der Waals surface area contributed by atoms with Gasteiger partial charge in [0.1, 0.15) is 0 Å². The first-order chi connectivity index (χ1) is 7.75. The molecule has 1 aromatic rings. The van der Waals surface area contributed by atoms with Crippen molar-refractivity contribution in [2.75, 3.05) is 6.61 Å². The van der Waals surface area contributed by atoms with Gasteiger partial charge in [-0.05, 0) is 38.2 Å². The summed E-state index contributed by atoms with van der Waals surface area (Å²) in [6.45, 7) is 3.00. The molecule has 1 heterocycles. The molecule has 2 atom stereocenters. The van der Waals surface area contributed by atoms with Crippen LogP contribution in [0.4, 0.5) is 0 Å². The van der Waals surface area contributed by atoms with E-state index in [-0.39, 0.29) is 6.04 Å². The summed E-state index contributed by atoms with van der Waals surface area (Å²) in [5.41, 5.74) is 8.70. The lowest BCUT2D eigenvalue weighted by Crippen LogP contribution is -2.24. The van der Waals surface area contributed by atoms with E-state index in [9.17, 15) is 0 Å². The molecule has 1 fully saturated rings. The Morgan fingerprint density at radius 2 is 2.06 bits per heavy atom. The van der Waals surface area contributed by atoms with E-state index in [1.807, 2.05) is 0 Å². The van der Waals surface area contributed by atoms with Crippen molar-refractivity contribution in [3.05, 3.63) is 35.4 Å². The van der Waals surface area contributed by atoms with Crippen molar-refractivity contribution >= 4 is 0 Å². The van der Waals surface area contributed by atoms with E-state index in [1.165, 1.54) is 30.4 Å². The summed E-state index contributed by atoms with van der Waals surface area (Å²) >= 11 is 0. The second-order valence-electron chi connectivity index (χ2n) is 4.74. The van der Waals surface area contributed by atoms with Crippen LogP contribution in [-0.2, 0) is 4.74 Å². The smallest absolute Gasteiger partial charge is 0.0593 e. The van der Waals surface area contributed by atoms with Crippen molar-refractivity contribution in [3.8, 4) is 0 Å². The monoisotopic (exact) mass is 219 g/mol. The molecule has 0 amide bonds. The summed E-state index contributed by atoms with van der Waals surface area (Å²) in [5.74, 6) is 0. The molecule has 88 valence electrons. The summed E-state index contributed by atoms with van der Waals surface area (Å²) in [5, 5.41) is 0. The fourth-order valence-corrected chi connectivity index (χ4v) is 2.23. The van der Waals surface area contributed by atoms with Gasteiger partial charge in [0, 0.05) is 12.6 Å². The van der Waals surface area contributed by atoms with Gasteiger partial charge in [-0.2, -0.15) is 0 Å². The van der Waals surface area contributed by atoms with E-state index in [4.69, 9.17) is 10.5 Å². The van der Waals surface area contributed by atoms with Gasteiger partial charge in [-0.25, -0.2) is 0 Å². The fraction of sp³-hybridized carbons (Fsp3) is 0.571. The SMILES string of the molecule is Cc1ccc(C(N)CC2CCCCO2)cc1. The number of rotatable bonds is 3. The molecule has 0 aliphatic carbocycles. The second kappa shape index (κ2) is 5.46. The number of hydrogen-bond acceptors (Lipinski definition) is 2. The maximum absolute atomic E-state index is 6.20. The molecule has 2 unspecified atom stereocenters. The third-order valence-electron chi connectivity index (χ3n) is 3.30. The molecule has 2 N–H and O–H groups in total. The molecule has 2 nitrogen and oxygen atoms in total. The highest BCUT2D eigenvalue weighted by molar-refractivity contribution is 5.23. The minimum atomic E-state index is 0.115. The Bertz CT molecular complexity index is 314. The van der Waals surface area contributed by atoms with Crippen molar-refractivity contribution in [3.63, 3.8) is 0 Å². The fourth-order valence-electron chi connectivity index (χ4n) is 2.23. The summed E-state index contributed by atoms with van der Waals surface area (Å²) in [7, 11) is 0. The van der Waals surface area contributed by atoms with Crippen LogP contribution in [0, 0.1) is 6.92 Å². The molecule has 16 heavy (non-hydrogen) atoms. The van der Waals surface area contributed by atoms with Crippen LogP contribution in [0.15, 0.2) is 24.3 Å². The van der Waals surface area contributed by atoms with E-state index in [2.05, 4.69) is 31.2 Å². The molecule has 0 bridgehead atoms. The van der Waals surface area contributed by atoms with Crippen LogP contribution >= 0.6 is 0 Å². The Balaban J connectivity index is 1.91. The van der Waals surface area contributed by atoms with Crippen molar-refractivity contribution in [1.82, 2.24) is 0 Å². The Hall–Kier alpha value is -0.860. The predicted octanol–water partition coefficient (Wildman–Crippen LogP) is 2.95. The van der Waals surface area contributed by atoms with E-state index in [0.717, 1.165) is 13.0 Å². The van der Waals surface area contributed by atoms with Gasteiger partial charge in [-0.1, -0.05) is 29.8 Å².